The molecule has 53 heavy (non-hydrogen) atoms. The van der Waals surface area contributed by atoms with Crippen molar-refractivity contribution < 1.29 is 8.83 Å². The molecule has 6 nitrogen and oxygen atoms in total. The zero-order valence-electron chi connectivity index (χ0n) is 28.0. The van der Waals surface area contributed by atoms with Gasteiger partial charge in [0.05, 0.1) is 0 Å². The fourth-order valence-electron chi connectivity index (χ4n) is 7.23. The highest BCUT2D eigenvalue weighted by molar-refractivity contribution is 7.26. The first-order valence-corrected chi connectivity index (χ1v) is 18.2. The van der Waals surface area contributed by atoms with Crippen LogP contribution in [0.5, 0.6) is 0 Å². The molecule has 0 N–H and O–H groups in total. The van der Waals surface area contributed by atoms with Gasteiger partial charge in [0.15, 0.2) is 23.1 Å². The van der Waals surface area contributed by atoms with Gasteiger partial charge in [-0.2, -0.15) is 0 Å². The van der Waals surface area contributed by atoms with Crippen molar-refractivity contribution in [3.63, 3.8) is 0 Å². The minimum Gasteiger partial charge on any atom is -0.456 e. The van der Waals surface area contributed by atoms with E-state index in [1.54, 1.807) is 11.3 Å². The van der Waals surface area contributed by atoms with Crippen LogP contribution in [0.2, 0.25) is 0 Å². The lowest BCUT2D eigenvalue weighted by Crippen LogP contribution is -2.00. The number of hydrogen-bond acceptors (Lipinski definition) is 7. The molecular weight excluding hydrogens is 673 g/mol. The van der Waals surface area contributed by atoms with Gasteiger partial charge in [-0.1, -0.05) is 97.1 Å². The van der Waals surface area contributed by atoms with Gasteiger partial charge in [-0.15, -0.1) is 11.3 Å². The van der Waals surface area contributed by atoms with Crippen molar-refractivity contribution >= 4 is 64.5 Å². The molecule has 0 aliphatic carbocycles. The molecule has 0 aliphatic rings. The molecule has 11 aromatic rings. The third-order valence-electron chi connectivity index (χ3n) is 9.78. The zero-order chi connectivity index (χ0) is 34.9. The number of hydrogen-bond donors (Lipinski definition) is 0. The van der Waals surface area contributed by atoms with Crippen molar-refractivity contribution in [3.05, 3.63) is 158 Å². The highest BCUT2D eigenvalue weighted by Gasteiger charge is 2.19. The standard InChI is InChI=1S/C46H26N4O2S/c1-2-10-27(11-3-1)43-48-44(30-20-22-33-32-14-4-6-17-37(32)51-39(33)26-30)50-45(49-43)34-15-9-19-41-42(34)35-25-29(21-23-40(35)53-41)28-12-8-13-31(24-28)46-47-36-16-5-7-18-38(36)52-46/h1-26H. The number of aromatic nitrogens is 4. The molecule has 0 unspecified atom stereocenters. The van der Waals surface area contributed by atoms with Gasteiger partial charge in [0.25, 0.3) is 0 Å². The van der Waals surface area contributed by atoms with Gasteiger partial charge in [0, 0.05) is 53.2 Å². The van der Waals surface area contributed by atoms with Crippen LogP contribution >= 0.6 is 11.3 Å². The largest absolute Gasteiger partial charge is 0.456 e. The van der Waals surface area contributed by atoms with Gasteiger partial charge in [0.1, 0.15) is 16.7 Å². The molecule has 4 heterocycles. The first-order chi connectivity index (χ1) is 26.2. The Morgan fingerprint density at radius 3 is 1.98 bits per heavy atom. The molecular formula is C46H26N4O2S. The maximum Gasteiger partial charge on any atom is 0.227 e. The number of fused-ring (bicyclic) bond motifs is 7. The maximum absolute atomic E-state index is 6.26. The molecule has 0 spiro atoms. The van der Waals surface area contributed by atoms with E-state index in [0.29, 0.717) is 23.4 Å². The number of furan rings is 1. The molecule has 7 aromatic carbocycles. The smallest absolute Gasteiger partial charge is 0.227 e. The Morgan fingerprint density at radius 1 is 0.377 bits per heavy atom. The van der Waals surface area contributed by atoms with Crippen molar-refractivity contribution in [1.29, 1.82) is 0 Å². The summed E-state index contributed by atoms with van der Waals surface area (Å²) in [5.41, 5.74) is 9.13. The van der Waals surface area contributed by atoms with Crippen LogP contribution in [0, 0.1) is 0 Å². The first kappa shape index (κ1) is 29.7. The Morgan fingerprint density at radius 2 is 1.08 bits per heavy atom. The van der Waals surface area contributed by atoms with Crippen molar-refractivity contribution in [1.82, 2.24) is 19.9 Å². The molecule has 248 valence electrons. The van der Waals surface area contributed by atoms with E-state index in [4.69, 9.17) is 28.8 Å². The fraction of sp³-hybridized carbons (Fsp3) is 0. The second-order valence-corrected chi connectivity index (χ2v) is 14.1. The van der Waals surface area contributed by atoms with Crippen LogP contribution in [0.15, 0.2) is 167 Å². The SMILES string of the molecule is c1ccc(-c2nc(-c3ccc4c(c3)oc3ccccc34)nc(-c3cccc4sc5ccc(-c6cccc(-c7nc8ccccc8o7)c6)cc5c34)n2)cc1. The number of oxazole rings is 1. The molecule has 0 saturated heterocycles. The minimum absolute atomic E-state index is 0.587. The Balaban J connectivity index is 1.07. The van der Waals surface area contributed by atoms with E-state index in [9.17, 15) is 0 Å². The van der Waals surface area contributed by atoms with Crippen molar-refractivity contribution in [2.24, 2.45) is 0 Å². The highest BCUT2D eigenvalue weighted by Crippen LogP contribution is 2.42. The molecule has 4 aromatic heterocycles. The lowest BCUT2D eigenvalue weighted by Gasteiger charge is -2.10. The molecule has 0 aliphatic heterocycles. The van der Waals surface area contributed by atoms with Crippen LogP contribution in [-0.2, 0) is 0 Å². The predicted octanol–water partition coefficient (Wildman–Crippen LogP) is 12.6. The number of benzene rings is 7. The van der Waals surface area contributed by atoms with Crippen LogP contribution in [0.4, 0.5) is 0 Å². The average molecular weight is 699 g/mol. The summed E-state index contributed by atoms with van der Waals surface area (Å²) < 4.78 is 14.7. The summed E-state index contributed by atoms with van der Waals surface area (Å²) in [6.45, 7) is 0. The van der Waals surface area contributed by atoms with E-state index >= 15 is 0 Å². The van der Waals surface area contributed by atoms with Gasteiger partial charge < -0.3 is 8.83 Å². The summed E-state index contributed by atoms with van der Waals surface area (Å²) in [7, 11) is 0. The predicted molar refractivity (Wildman–Crippen MR) is 215 cm³/mol. The summed E-state index contributed by atoms with van der Waals surface area (Å²) in [6.07, 6.45) is 0. The topological polar surface area (TPSA) is 77.8 Å². The molecule has 11 rings (SSSR count). The van der Waals surface area contributed by atoms with Crippen molar-refractivity contribution in [2.45, 2.75) is 0 Å². The maximum atomic E-state index is 6.26. The Labute approximate surface area is 306 Å². The first-order valence-electron chi connectivity index (χ1n) is 17.4. The van der Waals surface area contributed by atoms with Gasteiger partial charge in [-0.05, 0) is 71.8 Å². The second-order valence-electron chi connectivity index (χ2n) is 13.0. The van der Waals surface area contributed by atoms with E-state index in [0.717, 1.165) is 77.2 Å². The lowest BCUT2D eigenvalue weighted by molar-refractivity contribution is 0.620. The molecule has 0 fully saturated rings. The number of nitrogens with zero attached hydrogens (tertiary/aromatic N) is 4. The molecule has 0 bridgehead atoms. The Hall–Kier alpha value is -6.96. The minimum atomic E-state index is 0.587. The molecule has 0 amide bonds. The normalized spacial score (nSPS) is 11.8. The van der Waals surface area contributed by atoms with Gasteiger partial charge in [0.2, 0.25) is 5.89 Å². The third kappa shape index (κ3) is 5.01. The molecule has 0 saturated carbocycles. The summed E-state index contributed by atoms with van der Waals surface area (Å²) >= 11 is 1.77. The van der Waals surface area contributed by atoms with E-state index in [-0.39, 0.29) is 0 Å². The number of thiophene rings is 1. The van der Waals surface area contributed by atoms with E-state index in [1.165, 1.54) is 9.40 Å². The van der Waals surface area contributed by atoms with Crippen LogP contribution in [0.3, 0.4) is 0 Å². The second kappa shape index (κ2) is 11.8. The zero-order valence-corrected chi connectivity index (χ0v) is 28.8. The summed E-state index contributed by atoms with van der Waals surface area (Å²) in [5.74, 6) is 2.43. The van der Waals surface area contributed by atoms with E-state index in [2.05, 4.69) is 72.8 Å². The molecule has 0 radical (unpaired) electrons. The monoisotopic (exact) mass is 698 g/mol. The van der Waals surface area contributed by atoms with Crippen molar-refractivity contribution in [2.75, 3.05) is 0 Å². The van der Waals surface area contributed by atoms with Gasteiger partial charge >= 0.3 is 0 Å². The fourth-order valence-corrected chi connectivity index (χ4v) is 8.34. The summed E-state index contributed by atoms with van der Waals surface area (Å²) in [4.78, 5) is 20.0. The van der Waals surface area contributed by atoms with Gasteiger partial charge in [-0.3, -0.25) is 0 Å². The van der Waals surface area contributed by atoms with Crippen molar-refractivity contribution in [3.8, 4) is 56.7 Å². The summed E-state index contributed by atoms with van der Waals surface area (Å²) in [6, 6.07) is 53.7. The van der Waals surface area contributed by atoms with Crippen LogP contribution in [0.25, 0.3) is 110 Å². The highest BCUT2D eigenvalue weighted by atomic mass is 32.1. The number of rotatable bonds is 5. The van der Waals surface area contributed by atoms with Gasteiger partial charge in [-0.25, -0.2) is 19.9 Å². The Bertz CT molecular complexity index is 3160. The summed E-state index contributed by atoms with van der Waals surface area (Å²) in [5, 5.41) is 4.42. The Kier molecular flexibility index (Phi) is 6.62. The third-order valence-corrected chi connectivity index (χ3v) is 10.9. The van der Waals surface area contributed by atoms with E-state index < -0.39 is 0 Å². The average Bonchev–Trinajstić information content (AvgIpc) is 3.94. The quantitative estimate of drug-likeness (QED) is 0.178. The molecule has 0 atom stereocenters. The van der Waals surface area contributed by atoms with Crippen LogP contribution in [0.1, 0.15) is 0 Å². The van der Waals surface area contributed by atoms with Crippen LogP contribution in [-0.4, -0.2) is 19.9 Å². The number of para-hydroxylation sites is 3. The van der Waals surface area contributed by atoms with E-state index in [1.807, 2.05) is 84.9 Å². The lowest BCUT2D eigenvalue weighted by atomic mass is 9.99. The van der Waals surface area contributed by atoms with Crippen LogP contribution < -0.4 is 0 Å². The molecule has 7 heteroatoms.